The van der Waals surface area contributed by atoms with Crippen LogP contribution in [0.1, 0.15) is 21.5 Å². The van der Waals surface area contributed by atoms with E-state index in [2.05, 4.69) is 21.2 Å². The number of hydrogen-bond donors (Lipinski definition) is 1. The van der Waals surface area contributed by atoms with Crippen molar-refractivity contribution in [3.8, 4) is 0 Å². The predicted molar refractivity (Wildman–Crippen MR) is 95.6 cm³/mol. The topological polar surface area (TPSA) is 98.5 Å². The van der Waals surface area contributed by atoms with Crippen molar-refractivity contribution in [3.05, 3.63) is 67.7 Å². The Hall–Kier alpha value is -2.74. The summed E-state index contributed by atoms with van der Waals surface area (Å²) < 4.78 is 5.80. The summed E-state index contributed by atoms with van der Waals surface area (Å²) >= 11 is 3.40. The fourth-order valence-corrected chi connectivity index (χ4v) is 2.55. The molecule has 0 aliphatic heterocycles. The summed E-state index contributed by atoms with van der Waals surface area (Å²) in [7, 11) is 0. The summed E-state index contributed by atoms with van der Waals surface area (Å²) in [5, 5.41) is 13.6. The maximum atomic E-state index is 12.0. The summed E-state index contributed by atoms with van der Waals surface area (Å²) in [5.41, 5.74) is 1.90. The van der Waals surface area contributed by atoms with Crippen LogP contribution in [0.5, 0.6) is 0 Å². The van der Waals surface area contributed by atoms with Crippen molar-refractivity contribution >= 4 is 39.2 Å². The van der Waals surface area contributed by atoms with Crippen LogP contribution in [-0.4, -0.2) is 23.4 Å². The van der Waals surface area contributed by atoms with Crippen LogP contribution in [0.3, 0.4) is 0 Å². The van der Waals surface area contributed by atoms with Gasteiger partial charge in [0.2, 0.25) is 0 Å². The van der Waals surface area contributed by atoms with Crippen molar-refractivity contribution in [3.63, 3.8) is 0 Å². The number of para-hydroxylation sites is 1. The number of nitrogens with zero attached hydrogens (tertiary/aromatic N) is 1. The van der Waals surface area contributed by atoms with Gasteiger partial charge in [-0.3, -0.25) is 14.9 Å². The standard InChI is InChI=1S/C17H15BrN2O5/c1-10-11(2)14(8-7-13(10)18)19-16(21)9-25-17(22)12-5-3-4-6-15(12)20(23)24/h3-8H,9H2,1-2H3,(H,19,21). The number of nitro groups is 1. The van der Waals surface area contributed by atoms with Crippen molar-refractivity contribution in [2.24, 2.45) is 0 Å². The van der Waals surface area contributed by atoms with E-state index in [9.17, 15) is 19.7 Å². The van der Waals surface area contributed by atoms with E-state index in [0.29, 0.717) is 5.69 Å². The molecular weight excluding hydrogens is 392 g/mol. The smallest absolute Gasteiger partial charge is 0.345 e. The molecule has 0 bridgehead atoms. The summed E-state index contributed by atoms with van der Waals surface area (Å²) in [6.45, 7) is 3.22. The highest BCUT2D eigenvalue weighted by atomic mass is 79.9. The third-order valence-corrected chi connectivity index (χ3v) is 4.51. The van der Waals surface area contributed by atoms with Crippen molar-refractivity contribution in [2.45, 2.75) is 13.8 Å². The van der Waals surface area contributed by atoms with Crippen LogP contribution in [0.2, 0.25) is 0 Å². The summed E-state index contributed by atoms with van der Waals surface area (Å²) in [5.74, 6) is -1.46. The van der Waals surface area contributed by atoms with Crippen LogP contribution in [0.4, 0.5) is 11.4 Å². The number of nitrogens with one attached hydrogen (secondary N) is 1. The minimum absolute atomic E-state index is 0.198. The number of carbonyl (C=O) groups is 2. The Balaban J connectivity index is 2.02. The molecule has 0 spiro atoms. The first kappa shape index (κ1) is 18.6. The number of amides is 1. The van der Waals surface area contributed by atoms with E-state index >= 15 is 0 Å². The number of hydrogen-bond acceptors (Lipinski definition) is 5. The molecule has 25 heavy (non-hydrogen) atoms. The zero-order chi connectivity index (χ0) is 18.6. The highest BCUT2D eigenvalue weighted by Crippen LogP contribution is 2.25. The van der Waals surface area contributed by atoms with E-state index in [0.717, 1.165) is 15.6 Å². The number of benzene rings is 2. The molecule has 2 aromatic rings. The molecule has 1 amide bonds. The SMILES string of the molecule is Cc1c(Br)ccc(NC(=O)COC(=O)c2ccccc2[N+](=O)[O-])c1C. The lowest BCUT2D eigenvalue weighted by Gasteiger charge is -2.12. The number of carbonyl (C=O) groups excluding carboxylic acids is 2. The molecule has 0 saturated carbocycles. The van der Waals surface area contributed by atoms with Gasteiger partial charge in [-0.1, -0.05) is 28.1 Å². The molecule has 2 rings (SSSR count). The Morgan fingerprint density at radius 1 is 1.16 bits per heavy atom. The largest absolute Gasteiger partial charge is 0.452 e. The Kier molecular flexibility index (Phi) is 5.87. The molecule has 0 aromatic heterocycles. The van der Waals surface area contributed by atoms with Gasteiger partial charge in [0.15, 0.2) is 6.61 Å². The van der Waals surface area contributed by atoms with Crippen molar-refractivity contribution in [1.29, 1.82) is 0 Å². The molecule has 2 aromatic carbocycles. The first-order chi connectivity index (χ1) is 11.8. The molecule has 0 aliphatic carbocycles. The van der Waals surface area contributed by atoms with Crippen LogP contribution in [0.15, 0.2) is 40.9 Å². The predicted octanol–water partition coefficient (Wildman–Crippen LogP) is 3.77. The van der Waals surface area contributed by atoms with Gasteiger partial charge in [0.05, 0.1) is 4.92 Å². The van der Waals surface area contributed by atoms with Crippen molar-refractivity contribution in [2.75, 3.05) is 11.9 Å². The van der Waals surface area contributed by atoms with Crippen LogP contribution in [-0.2, 0) is 9.53 Å². The van der Waals surface area contributed by atoms with E-state index < -0.39 is 23.4 Å². The fraction of sp³-hybridized carbons (Fsp3) is 0.176. The van der Waals surface area contributed by atoms with Gasteiger partial charge < -0.3 is 10.1 Å². The molecule has 0 atom stereocenters. The lowest BCUT2D eigenvalue weighted by atomic mass is 10.1. The highest BCUT2D eigenvalue weighted by Gasteiger charge is 2.21. The van der Waals surface area contributed by atoms with Gasteiger partial charge >= 0.3 is 5.97 Å². The second kappa shape index (κ2) is 7.89. The molecule has 0 aliphatic rings. The zero-order valence-electron chi connectivity index (χ0n) is 13.5. The Bertz CT molecular complexity index is 851. The van der Waals surface area contributed by atoms with Crippen molar-refractivity contribution < 1.29 is 19.2 Å². The van der Waals surface area contributed by atoms with Crippen LogP contribution in [0, 0.1) is 24.0 Å². The van der Waals surface area contributed by atoms with Crippen LogP contribution in [0.25, 0.3) is 0 Å². The summed E-state index contributed by atoms with van der Waals surface area (Å²) in [4.78, 5) is 34.2. The molecule has 1 N–H and O–H groups in total. The highest BCUT2D eigenvalue weighted by molar-refractivity contribution is 9.10. The van der Waals surface area contributed by atoms with Gasteiger partial charge in [0, 0.05) is 16.2 Å². The van der Waals surface area contributed by atoms with E-state index in [4.69, 9.17) is 4.74 Å². The van der Waals surface area contributed by atoms with Gasteiger partial charge in [-0.15, -0.1) is 0 Å². The number of esters is 1. The Morgan fingerprint density at radius 2 is 1.84 bits per heavy atom. The quantitative estimate of drug-likeness (QED) is 0.462. The monoisotopic (exact) mass is 406 g/mol. The summed E-state index contributed by atoms with van der Waals surface area (Å²) in [6, 6.07) is 8.94. The molecule has 130 valence electrons. The second-order valence-electron chi connectivity index (χ2n) is 5.24. The summed E-state index contributed by atoms with van der Waals surface area (Å²) in [6.07, 6.45) is 0. The normalized spacial score (nSPS) is 10.2. The van der Waals surface area contributed by atoms with Crippen molar-refractivity contribution in [1.82, 2.24) is 0 Å². The third-order valence-electron chi connectivity index (χ3n) is 3.65. The molecule has 0 unspecified atom stereocenters. The second-order valence-corrected chi connectivity index (χ2v) is 6.10. The van der Waals surface area contributed by atoms with Crippen LogP contribution >= 0.6 is 15.9 Å². The minimum atomic E-state index is -0.925. The van der Waals surface area contributed by atoms with Crippen LogP contribution < -0.4 is 5.32 Å². The minimum Gasteiger partial charge on any atom is -0.452 e. The Morgan fingerprint density at radius 3 is 2.52 bits per heavy atom. The molecule has 0 saturated heterocycles. The van der Waals surface area contributed by atoms with Gasteiger partial charge in [-0.05, 0) is 43.2 Å². The van der Waals surface area contributed by atoms with E-state index in [1.54, 1.807) is 12.1 Å². The van der Waals surface area contributed by atoms with Gasteiger partial charge in [-0.25, -0.2) is 4.79 Å². The Labute approximate surface area is 152 Å². The van der Waals surface area contributed by atoms with E-state index in [1.807, 2.05) is 13.8 Å². The number of nitro benzene ring substituents is 1. The molecule has 7 nitrogen and oxygen atoms in total. The van der Waals surface area contributed by atoms with E-state index in [-0.39, 0.29) is 11.3 Å². The molecule has 0 fully saturated rings. The van der Waals surface area contributed by atoms with E-state index in [1.165, 1.54) is 24.3 Å². The van der Waals surface area contributed by atoms with Gasteiger partial charge in [0.25, 0.3) is 11.6 Å². The number of rotatable bonds is 5. The average Bonchev–Trinajstić information content (AvgIpc) is 2.60. The number of ether oxygens (including phenoxy) is 1. The third kappa shape index (κ3) is 4.42. The molecular formula is C17H15BrN2O5. The first-order valence-electron chi connectivity index (χ1n) is 7.27. The maximum Gasteiger partial charge on any atom is 0.345 e. The number of halogens is 1. The van der Waals surface area contributed by atoms with Gasteiger partial charge in [-0.2, -0.15) is 0 Å². The number of anilines is 1. The molecule has 0 heterocycles. The zero-order valence-corrected chi connectivity index (χ0v) is 15.1. The van der Waals surface area contributed by atoms with Gasteiger partial charge in [0.1, 0.15) is 5.56 Å². The lowest BCUT2D eigenvalue weighted by molar-refractivity contribution is -0.385. The first-order valence-corrected chi connectivity index (χ1v) is 8.06. The molecule has 8 heteroatoms. The maximum absolute atomic E-state index is 12.0. The fourth-order valence-electron chi connectivity index (χ4n) is 2.12. The molecule has 0 radical (unpaired) electrons. The lowest BCUT2D eigenvalue weighted by Crippen LogP contribution is -2.21. The average molecular weight is 407 g/mol.